The van der Waals surface area contributed by atoms with Gasteiger partial charge in [0.15, 0.2) is 11.5 Å². The highest BCUT2D eigenvalue weighted by Gasteiger charge is 2.36. The zero-order valence-corrected chi connectivity index (χ0v) is 16.6. The number of carbonyl (C=O) groups is 1. The summed E-state index contributed by atoms with van der Waals surface area (Å²) in [6, 6.07) is 22.1. The molecule has 0 spiro atoms. The van der Waals surface area contributed by atoms with Crippen molar-refractivity contribution in [2.45, 2.75) is 18.9 Å². The zero-order chi connectivity index (χ0) is 21.1. The minimum atomic E-state index is -0.435. The van der Waals surface area contributed by atoms with Crippen LogP contribution in [0.1, 0.15) is 35.6 Å². The number of nitrogens with one attached hydrogen (secondary N) is 1. The van der Waals surface area contributed by atoms with Gasteiger partial charge in [-0.3, -0.25) is 0 Å². The molecule has 2 atom stereocenters. The fourth-order valence-electron chi connectivity index (χ4n) is 3.82. The first-order valence-corrected chi connectivity index (χ1v) is 9.83. The van der Waals surface area contributed by atoms with Crippen LogP contribution in [0.4, 0.5) is 10.5 Å². The molecule has 4 rings (SSSR count). The van der Waals surface area contributed by atoms with Crippen LogP contribution in [0.15, 0.2) is 77.8 Å². The van der Waals surface area contributed by atoms with E-state index < -0.39 is 12.1 Å². The average molecular weight is 401 g/mol. The summed E-state index contributed by atoms with van der Waals surface area (Å²) in [6.07, 6.45) is 0. The van der Waals surface area contributed by atoms with Crippen LogP contribution in [0.3, 0.4) is 0 Å². The van der Waals surface area contributed by atoms with E-state index in [1.165, 1.54) is 0 Å². The van der Waals surface area contributed by atoms with E-state index in [0.717, 1.165) is 16.7 Å². The van der Waals surface area contributed by atoms with E-state index in [9.17, 15) is 9.90 Å². The van der Waals surface area contributed by atoms with Crippen molar-refractivity contribution >= 4 is 17.4 Å². The molecule has 6 nitrogen and oxygen atoms in total. The first kappa shape index (κ1) is 19.5. The number of ether oxygens (including phenoxy) is 1. The normalized spacial score (nSPS) is 18.4. The average Bonchev–Trinajstić information content (AvgIpc) is 2.77. The maximum atomic E-state index is 12.6. The predicted molar refractivity (Wildman–Crippen MR) is 117 cm³/mol. The highest BCUT2D eigenvalue weighted by molar-refractivity contribution is 6.12. The summed E-state index contributed by atoms with van der Waals surface area (Å²) in [5, 5.41) is 13.2. The van der Waals surface area contributed by atoms with Crippen LogP contribution >= 0.6 is 0 Å². The minimum absolute atomic E-state index is 0.101. The van der Waals surface area contributed by atoms with Gasteiger partial charge in [-0.05, 0) is 35.7 Å². The molecular formula is C24H23N3O3. The van der Waals surface area contributed by atoms with Crippen molar-refractivity contribution in [3.63, 3.8) is 0 Å². The molecule has 1 heterocycles. The molecule has 0 fully saturated rings. The Hall–Kier alpha value is -3.80. The molecule has 3 aromatic rings. The van der Waals surface area contributed by atoms with Gasteiger partial charge in [-0.1, -0.05) is 60.7 Å². The summed E-state index contributed by atoms with van der Waals surface area (Å²) in [5.41, 5.74) is 9.55. The van der Waals surface area contributed by atoms with Crippen molar-refractivity contribution in [1.29, 1.82) is 0 Å². The van der Waals surface area contributed by atoms with Gasteiger partial charge in [0.05, 0.1) is 30.0 Å². The molecule has 30 heavy (non-hydrogen) atoms. The number of nitrogen functional groups attached to an aromatic ring is 1. The molecular weight excluding hydrogens is 378 g/mol. The minimum Gasteiger partial charge on any atom is -0.503 e. The van der Waals surface area contributed by atoms with Crippen molar-refractivity contribution in [3.8, 4) is 11.5 Å². The van der Waals surface area contributed by atoms with Crippen LogP contribution in [0.5, 0.6) is 11.5 Å². The van der Waals surface area contributed by atoms with Crippen LogP contribution in [-0.4, -0.2) is 23.5 Å². The number of aliphatic imine (C=N–C) groups is 1. The first-order chi connectivity index (χ1) is 14.6. The summed E-state index contributed by atoms with van der Waals surface area (Å²) in [4.78, 5) is 16.9. The van der Waals surface area contributed by atoms with Crippen molar-refractivity contribution in [2.24, 2.45) is 4.99 Å². The Labute approximate surface area is 175 Å². The Bertz CT molecular complexity index is 1080. The number of urea groups is 1. The van der Waals surface area contributed by atoms with Crippen molar-refractivity contribution in [3.05, 3.63) is 89.5 Å². The Morgan fingerprint density at radius 3 is 2.37 bits per heavy atom. The molecule has 4 N–H and O–H groups in total. The lowest BCUT2D eigenvalue weighted by Crippen LogP contribution is -2.40. The number of carbonyl (C=O) groups excluding carboxylic acids is 1. The van der Waals surface area contributed by atoms with Gasteiger partial charge in [-0.15, -0.1) is 0 Å². The SMILES string of the molecule is CCOc1cc(C2NC(=O)N=C(c3ccccc3)C2c2ccccc2)cc(N)c1O. The van der Waals surface area contributed by atoms with Crippen LogP contribution in [0, 0.1) is 0 Å². The summed E-state index contributed by atoms with van der Waals surface area (Å²) in [7, 11) is 0. The fourth-order valence-corrected chi connectivity index (χ4v) is 3.82. The molecule has 0 aliphatic carbocycles. The van der Waals surface area contributed by atoms with E-state index >= 15 is 0 Å². The number of nitrogens with two attached hydrogens (primary N) is 1. The highest BCUT2D eigenvalue weighted by atomic mass is 16.5. The van der Waals surface area contributed by atoms with Crippen molar-refractivity contribution < 1.29 is 14.6 Å². The predicted octanol–water partition coefficient (Wildman–Crippen LogP) is 4.41. The molecule has 0 aromatic heterocycles. The molecule has 3 aromatic carbocycles. The van der Waals surface area contributed by atoms with Crippen LogP contribution in [-0.2, 0) is 0 Å². The monoisotopic (exact) mass is 401 g/mol. The lowest BCUT2D eigenvalue weighted by Gasteiger charge is -2.33. The molecule has 0 radical (unpaired) electrons. The molecule has 6 heteroatoms. The Kier molecular flexibility index (Phi) is 5.39. The van der Waals surface area contributed by atoms with Crippen molar-refractivity contribution in [1.82, 2.24) is 5.32 Å². The number of benzene rings is 3. The number of phenolic OH excluding ortho intramolecular Hbond substituents is 1. The van der Waals surface area contributed by atoms with Crippen LogP contribution in [0.25, 0.3) is 0 Å². The lowest BCUT2D eigenvalue weighted by atomic mass is 9.80. The van der Waals surface area contributed by atoms with Gasteiger partial charge >= 0.3 is 6.03 Å². The van der Waals surface area contributed by atoms with E-state index in [-0.39, 0.29) is 23.1 Å². The Morgan fingerprint density at radius 1 is 1.03 bits per heavy atom. The van der Waals surface area contributed by atoms with Gasteiger partial charge in [0.1, 0.15) is 0 Å². The van der Waals surface area contributed by atoms with Crippen molar-refractivity contribution in [2.75, 3.05) is 12.3 Å². The number of aromatic hydroxyl groups is 1. The number of phenols is 1. The number of rotatable bonds is 5. The first-order valence-electron chi connectivity index (χ1n) is 9.83. The van der Waals surface area contributed by atoms with E-state index in [2.05, 4.69) is 10.3 Å². The number of nitrogens with zero attached hydrogens (tertiary/aromatic N) is 1. The maximum absolute atomic E-state index is 12.6. The summed E-state index contributed by atoms with van der Waals surface area (Å²) >= 11 is 0. The molecule has 2 unspecified atom stereocenters. The zero-order valence-electron chi connectivity index (χ0n) is 16.6. The molecule has 1 aliphatic rings. The second-order valence-electron chi connectivity index (χ2n) is 7.07. The van der Waals surface area contributed by atoms with Crippen LogP contribution in [0.2, 0.25) is 0 Å². The summed E-state index contributed by atoms with van der Waals surface area (Å²) in [6.45, 7) is 2.21. The standard InChI is InChI=1S/C24H23N3O3/c1-2-30-19-14-17(13-18(25)23(19)28)22-20(15-9-5-3-6-10-15)21(26-24(29)27-22)16-11-7-4-8-12-16/h3-14,20,22,28H,2,25H2,1H3,(H,27,29). The Balaban J connectivity index is 1.88. The van der Waals surface area contributed by atoms with Gasteiger partial charge in [0.2, 0.25) is 0 Å². The molecule has 152 valence electrons. The second-order valence-corrected chi connectivity index (χ2v) is 7.07. The van der Waals surface area contributed by atoms with Crippen LogP contribution < -0.4 is 15.8 Å². The van der Waals surface area contributed by atoms with Gasteiger partial charge in [0, 0.05) is 0 Å². The largest absolute Gasteiger partial charge is 0.503 e. The summed E-state index contributed by atoms with van der Waals surface area (Å²) in [5.74, 6) is -0.0574. The molecule has 2 amide bonds. The van der Waals surface area contributed by atoms with E-state index in [0.29, 0.717) is 12.3 Å². The van der Waals surface area contributed by atoms with Gasteiger partial charge in [-0.2, -0.15) is 4.99 Å². The van der Waals surface area contributed by atoms with E-state index in [1.807, 2.05) is 67.6 Å². The number of hydrogen-bond acceptors (Lipinski definition) is 4. The molecule has 1 aliphatic heterocycles. The third kappa shape index (κ3) is 3.72. The third-order valence-electron chi connectivity index (χ3n) is 5.14. The van der Waals surface area contributed by atoms with E-state index in [4.69, 9.17) is 10.5 Å². The fraction of sp³-hybridized carbons (Fsp3) is 0.167. The maximum Gasteiger partial charge on any atom is 0.341 e. The van der Waals surface area contributed by atoms with Gasteiger partial charge in [-0.25, -0.2) is 4.79 Å². The summed E-state index contributed by atoms with van der Waals surface area (Å²) < 4.78 is 5.56. The van der Waals surface area contributed by atoms with Gasteiger partial charge in [0.25, 0.3) is 0 Å². The van der Waals surface area contributed by atoms with Gasteiger partial charge < -0.3 is 20.9 Å². The quantitative estimate of drug-likeness (QED) is 0.436. The lowest BCUT2D eigenvalue weighted by molar-refractivity contribution is 0.243. The van der Waals surface area contributed by atoms with E-state index in [1.54, 1.807) is 12.1 Å². The molecule has 0 saturated carbocycles. The smallest absolute Gasteiger partial charge is 0.341 e. The molecule has 0 bridgehead atoms. The third-order valence-corrected chi connectivity index (χ3v) is 5.14. The highest BCUT2D eigenvalue weighted by Crippen LogP contribution is 2.42. The number of amides is 2. The number of anilines is 1. The Morgan fingerprint density at radius 2 is 1.70 bits per heavy atom. The number of hydrogen-bond donors (Lipinski definition) is 3. The molecule has 0 saturated heterocycles. The topological polar surface area (TPSA) is 96.9 Å². The second kappa shape index (κ2) is 8.29.